The molecule has 1 aromatic heterocycles. The van der Waals surface area contributed by atoms with Gasteiger partial charge < -0.3 is 9.30 Å². The number of likely N-dealkylation sites (N-methyl/N-ethyl adjacent to an activating group) is 1. The maximum Gasteiger partial charge on any atom is 0.314 e. The van der Waals surface area contributed by atoms with Crippen LogP contribution in [0.3, 0.4) is 0 Å². The number of hydrogen-bond donors (Lipinski definition) is 0. The number of nitrogens with zero attached hydrogens (tertiary/aromatic N) is 3. The van der Waals surface area contributed by atoms with Crippen LogP contribution in [0.15, 0.2) is 42.7 Å². The third-order valence-electron chi connectivity index (χ3n) is 3.51. The fourth-order valence-corrected chi connectivity index (χ4v) is 2.31. The maximum atomic E-state index is 12.0. The van der Waals surface area contributed by atoms with Gasteiger partial charge in [0.1, 0.15) is 5.82 Å². The van der Waals surface area contributed by atoms with Gasteiger partial charge in [0, 0.05) is 26.0 Å². The van der Waals surface area contributed by atoms with Gasteiger partial charge in [0.2, 0.25) is 0 Å². The molecule has 1 heterocycles. The highest BCUT2D eigenvalue weighted by molar-refractivity contribution is 5.78. The summed E-state index contributed by atoms with van der Waals surface area (Å²) in [6.07, 6.45) is 3.69. The Morgan fingerprint density at radius 1 is 1.38 bits per heavy atom. The van der Waals surface area contributed by atoms with Gasteiger partial charge in [-0.2, -0.15) is 0 Å². The Morgan fingerprint density at radius 2 is 2.10 bits per heavy atom. The molecule has 0 spiro atoms. The van der Waals surface area contributed by atoms with Gasteiger partial charge in [0.25, 0.3) is 0 Å². The number of carbonyl (C=O) groups is 1. The van der Waals surface area contributed by atoms with Gasteiger partial charge in [0.15, 0.2) is 0 Å². The first-order valence-electron chi connectivity index (χ1n) is 6.89. The van der Waals surface area contributed by atoms with E-state index >= 15 is 0 Å². The second-order valence-electron chi connectivity index (χ2n) is 5.14. The monoisotopic (exact) mass is 287 g/mol. The summed E-state index contributed by atoms with van der Waals surface area (Å²) < 4.78 is 6.92. The van der Waals surface area contributed by atoms with Gasteiger partial charge >= 0.3 is 5.97 Å². The molecule has 0 aliphatic carbocycles. The molecule has 21 heavy (non-hydrogen) atoms. The molecule has 5 nitrogen and oxygen atoms in total. The molecule has 0 saturated carbocycles. The van der Waals surface area contributed by atoms with Crippen LogP contribution in [0.5, 0.6) is 0 Å². The Hall–Kier alpha value is -2.14. The topological polar surface area (TPSA) is 47.4 Å². The molecular formula is C16H21N3O2. The number of carbonyl (C=O) groups excluding carboxylic acids is 1. The van der Waals surface area contributed by atoms with E-state index in [9.17, 15) is 4.79 Å². The fourth-order valence-electron chi connectivity index (χ4n) is 2.31. The lowest BCUT2D eigenvalue weighted by Crippen LogP contribution is -2.30. The number of esters is 1. The summed E-state index contributed by atoms with van der Waals surface area (Å²) in [6.45, 7) is 1.27. The van der Waals surface area contributed by atoms with E-state index in [-0.39, 0.29) is 11.9 Å². The van der Waals surface area contributed by atoms with Gasteiger partial charge in [-0.05, 0) is 12.6 Å². The van der Waals surface area contributed by atoms with Crippen molar-refractivity contribution in [3.8, 4) is 0 Å². The molecule has 0 fully saturated rings. The van der Waals surface area contributed by atoms with Crippen LogP contribution in [0.4, 0.5) is 0 Å². The standard InChI is InChI=1S/C16H21N3O2/c1-18(12-15-17-9-10-19(15)2)11-14(16(20)21-3)13-7-5-4-6-8-13/h4-10,14H,11-12H2,1-3H3. The molecule has 112 valence electrons. The van der Waals surface area contributed by atoms with Crippen LogP contribution in [0.1, 0.15) is 17.3 Å². The van der Waals surface area contributed by atoms with Crippen LogP contribution in [-0.4, -0.2) is 41.1 Å². The Morgan fingerprint density at radius 3 is 2.67 bits per heavy atom. The van der Waals surface area contributed by atoms with Crippen molar-refractivity contribution in [2.24, 2.45) is 7.05 Å². The average Bonchev–Trinajstić information content (AvgIpc) is 2.90. The van der Waals surface area contributed by atoms with E-state index in [2.05, 4.69) is 9.88 Å². The molecule has 1 unspecified atom stereocenters. The van der Waals surface area contributed by atoms with E-state index in [1.165, 1.54) is 7.11 Å². The van der Waals surface area contributed by atoms with Crippen LogP contribution in [0, 0.1) is 0 Å². The Bertz CT molecular complexity index is 580. The van der Waals surface area contributed by atoms with Crippen LogP contribution in [0.25, 0.3) is 0 Å². The number of rotatable bonds is 6. The summed E-state index contributed by atoms with van der Waals surface area (Å²) in [5.74, 6) is 0.462. The Labute approximate surface area is 125 Å². The molecule has 0 N–H and O–H groups in total. The highest BCUT2D eigenvalue weighted by Gasteiger charge is 2.23. The van der Waals surface area contributed by atoms with Gasteiger partial charge in [-0.3, -0.25) is 9.69 Å². The quantitative estimate of drug-likeness (QED) is 0.760. The molecule has 5 heteroatoms. The van der Waals surface area contributed by atoms with Crippen molar-refractivity contribution in [3.63, 3.8) is 0 Å². The summed E-state index contributed by atoms with van der Waals surface area (Å²) in [5, 5.41) is 0. The zero-order chi connectivity index (χ0) is 15.2. The van der Waals surface area contributed by atoms with Crippen molar-refractivity contribution < 1.29 is 9.53 Å². The lowest BCUT2D eigenvalue weighted by Gasteiger charge is -2.22. The predicted octanol–water partition coefficient (Wildman–Crippen LogP) is 1.81. The molecule has 0 saturated heterocycles. The Kier molecular flexibility index (Phi) is 5.11. The molecule has 2 rings (SSSR count). The molecule has 2 aromatic rings. The predicted molar refractivity (Wildman–Crippen MR) is 80.7 cm³/mol. The minimum absolute atomic E-state index is 0.215. The van der Waals surface area contributed by atoms with E-state index in [0.717, 1.165) is 11.4 Å². The number of benzene rings is 1. The molecule has 0 radical (unpaired) electrons. The SMILES string of the molecule is COC(=O)C(CN(C)Cc1nccn1C)c1ccccc1. The van der Waals surface area contributed by atoms with Crippen molar-refractivity contribution >= 4 is 5.97 Å². The molecule has 0 aliphatic heterocycles. The second kappa shape index (κ2) is 7.04. The van der Waals surface area contributed by atoms with E-state index in [0.29, 0.717) is 13.1 Å². The number of imidazole rings is 1. The van der Waals surface area contributed by atoms with Crippen molar-refractivity contribution in [2.45, 2.75) is 12.5 Å². The first-order valence-corrected chi connectivity index (χ1v) is 6.89. The van der Waals surface area contributed by atoms with Crippen molar-refractivity contribution in [2.75, 3.05) is 20.7 Å². The third kappa shape index (κ3) is 3.92. The highest BCUT2D eigenvalue weighted by Crippen LogP contribution is 2.19. The number of aromatic nitrogens is 2. The van der Waals surface area contributed by atoms with Crippen molar-refractivity contribution in [1.82, 2.24) is 14.5 Å². The second-order valence-corrected chi connectivity index (χ2v) is 5.14. The summed E-state index contributed by atoms with van der Waals surface area (Å²) in [5.41, 5.74) is 0.969. The Balaban J connectivity index is 2.08. The maximum absolute atomic E-state index is 12.0. The minimum atomic E-state index is -0.290. The number of hydrogen-bond acceptors (Lipinski definition) is 4. The number of aryl methyl sites for hydroxylation is 1. The third-order valence-corrected chi connectivity index (χ3v) is 3.51. The number of ether oxygens (including phenoxy) is 1. The first-order chi connectivity index (χ1) is 10.1. The van der Waals surface area contributed by atoms with Crippen molar-refractivity contribution in [1.29, 1.82) is 0 Å². The van der Waals surface area contributed by atoms with Crippen LogP contribution < -0.4 is 0 Å². The zero-order valence-electron chi connectivity index (χ0n) is 12.7. The molecule has 0 bridgehead atoms. The summed E-state index contributed by atoms with van der Waals surface area (Å²) in [4.78, 5) is 18.4. The van der Waals surface area contributed by atoms with Gasteiger partial charge in [-0.15, -0.1) is 0 Å². The molecule has 0 amide bonds. The summed E-state index contributed by atoms with van der Waals surface area (Å²) in [7, 11) is 5.37. The lowest BCUT2D eigenvalue weighted by molar-refractivity contribution is -0.142. The first kappa shape index (κ1) is 15.3. The van der Waals surface area contributed by atoms with Crippen LogP contribution in [-0.2, 0) is 23.1 Å². The van der Waals surface area contributed by atoms with Gasteiger partial charge in [-0.1, -0.05) is 30.3 Å². The summed E-state index contributed by atoms with van der Waals surface area (Å²) >= 11 is 0. The van der Waals surface area contributed by atoms with E-state index in [1.54, 1.807) is 6.20 Å². The molecule has 1 aromatic carbocycles. The van der Waals surface area contributed by atoms with E-state index in [1.807, 2.05) is 55.2 Å². The number of methoxy groups -OCH3 is 1. The van der Waals surface area contributed by atoms with E-state index in [4.69, 9.17) is 4.74 Å². The summed E-state index contributed by atoms with van der Waals surface area (Å²) in [6, 6.07) is 9.72. The van der Waals surface area contributed by atoms with Gasteiger partial charge in [-0.25, -0.2) is 4.98 Å². The highest BCUT2D eigenvalue weighted by atomic mass is 16.5. The zero-order valence-corrected chi connectivity index (χ0v) is 12.7. The molecule has 1 atom stereocenters. The van der Waals surface area contributed by atoms with Gasteiger partial charge in [0.05, 0.1) is 19.6 Å². The fraction of sp³-hybridized carbons (Fsp3) is 0.375. The van der Waals surface area contributed by atoms with Crippen LogP contribution in [0.2, 0.25) is 0 Å². The minimum Gasteiger partial charge on any atom is -0.469 e. The molecule has 0 aliphatic rings. The molecular weight excluding hydrogens is 266 g/mol. The normalized spacial score (nSPS) is 12.4. The van der Waals surface area contributed by atoms with E-state index < -0.39 is 0 Å². The average molecular weight is 287 g/mol. The lowest BCUT2D eigenvalue weighted by atomic mass is 9.99. The van der Waals surface area contributed by atoms with Crippen LogP contribution >= 0.6 is 0 Å². The smallest absolute Gasteiger partial charge is 0.314 e. The largest absolute Gasteiger partial charge is 0.469 e. The van der Waals surface area contributed by atoms with Crippen molar-refractivity contribution in [3.05, 3.63) is 54.1 Å².